The SMILES string of the molecule is CC[C@@H](C(=O)OCC(=O)c1c(N)n(C)c(=O)n(C)c1=O)c1ccccc1. The number of nitrogens with two attached hydrogens (primary N) is 1. The van der Waals surface area contributed by atoms with Gasteiger partial charge in [-0.1, -0.05) is 37.3 Å². The summed E-state index contributed by atoms with van der Waals surface area (Å²) in [6, 6.07) is 9.07. The molecule has 0 unspecified atom stereocenters. The van der Waals surface area contributed by atoms with Crippen molar-refractivity contribution in [3.05, 3.63) is 62.3 Å². The van der Waals surface area contributed by atoms with Crippen LogP contribution in [0.5, 0.6) is 0 Å². The number of ketones is 1. The molecule has 0 saturated carbocycles. The minimum absolute atomic E-state index is 0.255. The van der Waals surface area contributed by atoms with Crippen molar-refractivity contribution in [2.24, 2.45) is 14.1 Å². The maximum absolute atomic E-state index is 12.4. The summed E-state index contributed by atoms with van der Waals surface area (Å²) >= 11 is 0. The molecular weight excluding hydrogens is 338 g/mol. The third kappa shape index (κ3) is 3.58. The molecule has 8 nitrogen and oxygen atoms in total. The van der Waals surface area contributed by atoms with Crippen molar-refractivity contribution in [1.29, 1.82) is 0 Å². The van der Waals surface area contributed by atoms with Gasteiger partial charge in [0.05, 0.1) is 5.92 Å². The lowest BCUT2D eigenvalue weighted by atomic mass is 9.97. The largest absolute Gasteiger partial charge is 0.457 e. The molecular formula is C18H21N3O5. The maximum atomic E-state index is 12.4. The third-order valence-electron chi connectivity index (χ3n) is 4.23. The van der Waals surface area contributed by atoms with E-state index >= 15 is 0 Å². The van der Waals surface area contributed by atoms with Gasteiger partial charge in [0.25, 0.3) is 5.56 Å². The van der Waals surface area contributed by atoms with Crippen LogP contribution < -0.4 is 17.0 Å². The molecule has 0 saturated heterocycles. The van der Waals surface area contributed by atoms with Gasteiger partial charge in [0.1, 0.15) is 11.4 Å². The number of benzene rings is 1. The first-order chi connectivity index (χ1) is 12.3. The maximum Gasteiger partial charge on any atom is 0.332 e. The Balaban J connectivity index is 2.20. The van der Waals surface area contributed by atoms with E-state index in [9.17, 15) is 19.2 Å². The first kappa shape index (κ1) is 19.2. The summed E-state index contributed by atoms with van der Waals surface area (Å²) in [6.45, 7) is 1.21. The zero-order valence-corrected chi connectivity index (χ0v) is 14.9. The van der Waals surface area contributed by atoms with E-state index in [1.54, 1.807) is 12.1 Å². The van der Waals surface area contributed by atoms with E-state index in [0.29, 0.717) is 6.42 Å². The average Bonchev–Trinajstić information content (AvgIpc) is 2.64. The Morgan fingerprint density at radius 1 is 1.12 bits per heavy atom. The highest BCUT2D eigenvalue weighted by atomic mass is 16.5. The minimum atomic E-state index is -0.818. The number of hydrogen-bond donors (Lipinski definition) is 1. The number of Topliss-reactive ketones (excluding diaryl/α,β-unsaturated/α-hetero) is 1. The predicted molar refractivity (Wildman–Crippen MR) is 96.1 cm³/mol. The number of carbonyl (C=O) groups is 2. The Bertz CT molecular complexity index is 944. The zero-order chi connectivity index (χ0) is 19.4. The summed E-state index contributed by atoms with van der Waals surface area (Å²) in [5, 5.41) is 0. The van der Waals surface area contributed by atoms with Crippen LogP contribution in [0.1, 0.15) is 35.2 Å². The third-order valence-corrected chi connectivity index (χ3v) is 4.23. The van der Waals surface area contributed by atoms with E-state index in [4.69, 9.17) is 10.5 Å². The van der Waals surface area contributed by atoms with Crippen LogP contribution in [0.2, 0.25) is 0 Å². The van der Waals surface area contributed by atoms with Gasteiger partial charge in [-0.25, -0.2) is 4.79 Å². The molecule has 1 aromatic heterocycles. The Morgan fingerprint density at radius 2 is 1.73 bits per heavy atom. The standard InChI is InChI=1S/C18H21N3O5/c1-4-12(11-8-6-5-7-9-11)17(24)26-10-13(22)14-15(19)20(2)18(25)21(3)16(14)23/h5-9,12H,4,10,19H2,1-3H3/t12-/m1/s1. The lowest BCUT2D eigenvalue weighted by Gasteiger charge is -2.15. The number of ether oxygens (including phenoxy) is 1. The molecule has 1 heterocycles. The number of esters is 1. The minimum Gasteiger partial charge on any atom is -0.457 e. The molecule has 2 rings (SSSR count). The van der Waals surface area contributed by atoms with Crippen molar-refractivity contribution in [2.75, 3.05) is 12.3 Å². The van der Waals surface area contributed by atoms with E-state index in [2.05, 4.69) is 0 Å². The van der Waals surface area contributed by atoms with Crippen LogP contribution in [0.4, 0.5) is 5.82 Å². The molecule has 0 spiro atoms. The lowest BCUT2D eigenvalue weighted by Crippen LogP contribution is -2.42. The van der Waals surface area contributed by atoms with Gasteiger partial charge in [0.15, 0.2) is 6.61 Å². The lowest BCUT2D eigenvalue weighted by molar-refractivity contribution is -0.144. The topological polar surface area (TPSA) is 113 Å². The molecule has 1 atom stereocenters. The number of aromatic nitrogens is 2. The van der Waals surface area contributed by atoms with Gasteiger partial charge in [-0.3, -0.25) is 23.5 Å². The zero-order valence-electron chi connectivity index (χ0n) is 14.9. The molecule has 138 valence electrons. The van der Waals surface area contributed by atoms with Gasteiger partial charge in [-0.05, 0) is 12.0 Å². The highest BCUT2D eigenvalue weighted by Gasteiger charge is 2.24. The average molecular weight is 359 g/mol. The molecule has 0 bridgehead atoms. The summed E-state index contributed by atoms with van der Waals surface area (Å²) in [4.78, 5) is 48.6. The molecule has 0 aliphatic heterocycles. The second-order valence-corrected chi connectivity index (χ2v) is 5.87. The van der Waals surface area contributed by atoms with Gasteiger partial charge in [-0.15, -0.1) is 0 Å². The van der Waals surface area contributed by atoms with Gasteiger partial charge in [0.2, 0.25) is 5.78 Å². The molecule has 2 N–H and O–H groups in total. The van der Waals surface area contributed by atoms with Gasteiger partial charge in [-0.2, -0.15) is 0 Å². The second-order valence-electron chi connectivity index (χ2n) is 5.87. The van der Waals surface area contributed by atoms with Crippen molar-refractivity contribution in [2.45, 2.75) is 19.3 Å². The second kappa shape index (κ2) is 7.81. The Kier molecular flexibility index (Phi) is 5.76. The summed E-state index contributed by atoms with van der Waals surface area (Å²) in [7, 11) is 2.60. The quantitative estimate of drug-likeness (QED) is 0.596. The van der Waals surface area contributed by atoms with E-state index in [-0.39, 0.29) is 11.4 Å². The molecule has 26 heavy (non-hydrogen) atoms. The Hall–Kier alpha value is -3.16. The van der Waals surface area contributed by atoms with Crippen LogP contribution >= 0.6 is 0 Å². The number of nitrogens with zero attached hydrogens (tertiary/aromatic N) is 2. The fraction of sp³-hybridized carbons (Fsp3) is 0.333. The fourth-order valence-electron chi connectivity index (χ4n) is 2.66. The molecule has 8 heteroatoms. The first-order valence-electron chi connectivity index (χ1n) is 8.09. The molecule has 0 amide bonds. The van der Waals surface area contributed by atoms with Crippen LogP contribution in [0.3, 0.4) is 0 Å². The molecule has 2 aromatic rings. The molecule has 0 radical (unpaired) electrons. The van der Waals surface area contributed by atoms with Crippen molar-refractivity contribution >= 4 is 17.6 Å². The van der Waals surface area contributed by atoms with E-state index in [0.717, 1.165) is 14.7 Å². The summed E-state index contributed by atoms with van der Waals surface area (Å²) < 4.78 is 6.88. The summed E-state index contributed by atoms with van der Waals surface area (Å²) in [5.41, 5.74) is 4.68. The van der Waals surface area contributed by atoms with Crippen LogP contribution in [0.25, 0.3) is 0 Å². The smallest absolute Gasteiger partial charge is 0.332 e. The van der Waals surface area contributed by atoms with Gasteiger partial charge < -0.3 is 10.5 Å². The summed E-state index contributed by atoms with van der Waals surface area (Å²) in [6.07, 6.45) is 0.501. The monoisotopic (exact) mass is 359 g/mol. The predicted octanol–water partition coefficient (Wildman–Crippen LogP) is 0.586. The highest BCUT2D eigenvalue weighted by Crippen LogP contribution is 2.20. The number of rotatable bonds is 6. The fourth-order valence-corrected chi connectivity index (χ4v) is 2.66. The Labute approximate surface area is 149 Å². The van der Waals surface area contributed by atoms with E-state index in [1.165, 1.54) is 14.1 Å². The first-order valence-corrected chi connectivity index (χ1v) is 8.09. The number of nitrogen functional groups attached to an aromatic ring is 1. The molecule has 0 aliphatic rings. The number of carbonyl (C=O) groups excluding carboxylic acids is 2. The van der Waals surface area contributed by atoms with Crippen LogP contribution in [0.15, 0.2) is 39.9 Å². The molecule has 0 aliphatic carbocycles. The van der Waals surface area contributed by atoms with Crippen LogP contribution in [-0.2, 0) is 23.6 Å². The normalized spacial score (nSPS) is 11.8. The van der Waals surface area contributed by atoms with Crippen LogP contribution in [-0.4, -0.2) is 27.5 Å². The Morgan fingerprint density at radius 3 is 2.31 bits per heavy atom. The number of anilines is 1. The van der Waals surface area contributed by atoms with Crippen molar-refractivity contribution < 1.29 is 14.3 Å². The molecule has 1 aromatic carbocycles. The molecule has 0 fully saturated rings. The van der Waals surface area contributed by atoms with Gasteiger partial charge in [0, 0.05) is 14.1 Å². The van der Waals surface area contributed by atoms with Crippen molar-refractivity contribution in [3.8, 4) is 0 Å². The highest BCUT2D eigenvalue weighted by molar-refractivity contribution is 6.01. The van der Waals surface area contributed by atoms with E-state index in [1.807, 2.05) is 25.1 Å². The van der Waals surface area contributed by atoms with Crippen molar-refractivity contribution in [3.63, 3.8) is 0 Å². The van der Waals surface area contributed by atoms with Crippen LogP contribution in [0, 0.1) is 0 Å². The number of hydrogen-bond acceptors (Lipinski definition) is 6. The van der Waals surface area contributed by atoms with Gasteiger partial charge >= 0.3 is 11.7 Å². The summed E-state index contributed by atoms with van der Waals surface area (Å²) in [5.74, 6) is -2.08. The van der Waals surface area contributed by atoms with Crippen molar-refractivity contribution in [1.82, 2.24) is 9.13 Å². The van der Waals surface area contributed by atoms with E-state index < -0.39 is 35.5 Å².